The van der Waals surface area contributed by atoms with Gasteiger partial charge in [-0.3, -0.25) is 0 Å². The third-order valence-corrected chi connectivity index (χ3v) is 3.69. The predicted molar refractivity (Wildman–Crippen MR) is 78.9 cm³/mol. The summed E-state index contributed by atoms with van der Waals surface area (Å²) in [4.78, 5) is 16.7. The molecule has 100 valence electrons. The number of hydrogen-bond acceptors (Lipinski definition) is 8. The van der Waals surface area contributed by atoms with Gasteiger partial charge in [0, 0.05) is 18.8 Å². The van der Waals surface area contributed by atoms with E-state index < -0.39 is 0 Å². The van der Waals surface area contributed by atoms with Crippen LogP contribution >= 0.6 is 27.7 Å². The fourth-order valence-electron chi connectivity index (χ4n) is 1.26. The van der Waals surface area contributed by atoms with Gasteiger partial charge in [0.25, 0.3) is 0 Å². The zero-order valence-electron chi connectivity index (χ0n) is 10.1. The Morgan fingerprint density at radius 2 is 1.95 bits per heavy atom. The summed E-state index contributed by atoms with van der Waals surface area (Å²) in [5.41, 5.74) is 11.3. The number of anilines is 3. The number of hydrogen-bond donors (Lipinski definition) is 3. The van der Waals surface area contributed by atoms with E-state index in [2.05, 4.69) is 41.2 Å². The minimum Gasteiger partial charge on any atom is -0.383 e. The molecule has 0 atom stereocenters. The number of nitrogens with one attached hydrogen (secondary N) is 1. The molecule has 2 heterocycles. The summed E-state index contributed by atoms with van der Waals surface area (Å²) in [6.45, 7) is 2.72. The summed E-state index contributed by atoms with van der Waals surface area (Å²) in [5.74, 6) is 1.20. The lowest BCUT2D eigenvalue weighted by molar-refractivity contribution is 0.960. The molecule has 5 N–H and O–H groups in total. The number of aromatic nitrogens is 4. The number of rotatable bonds is 4. The fourth-order valence-corrected chi connectivity index (χ4v) is 2.45. The Labute approximate surface area is 122 Å². The van der Waals surface area contributed by atoms with Gasteiger partial charge in [0.2, 0.25) is 5.95 Å². The molecule has 19 heavy (non-hydrogen) atoms. The van der Waals surface area contributed by atoms with Gasteiger partial charge in [-0.1, -0.05) is 0 Å². The van der Waals surface area contributed by atoms with Crippen LogP contribution in [0.3, 0.4) is 0 Å². The molecule has 9 heteroatoms. The van der Waals surface area contributed by atoms with Crippen LogP contribution in [0, 0.1) is 0 Å². The van der Waals surface area contributed by atoms with Gasteiger partial charge in [0.05, 0.1) is 4.47 Å². The van der Waals surface area contributed by atoms with E-state index in [-0.39, 0.29) is 0 Å². The van der Waals surface area contributed by atoms with E-state index >= 15 is 0 Å². The Morgan fingerprint density at radius 1 is 1.26 bits per heavy atom. The SMILES string of the molecule is CCNc1ncc(Br)c(Sc2nc(N)cc(N)n2)n1. The molecule has 2 aromatic heterocycles. The average Bonchev–Trinajstić information content (AvgIpc) is 2.32. The van der Waals surface area contributed by atoms with Crippen LogP contribution in [-0.2, 0) is 0 Å². The van der Waals surface area contributed by atoms with Gasteiger partial charge in [-0.15, -0.1) is 0 Å². The number of halogens is 1. The highest BCUT2D eigenvalue weighted by Gasteiger charge is 2.10. The van der Waals surface area contributed by atoms with Gasteiger partial charge in [-0.2, -0.15) is 0 Å². The second-order valence-electron chi connectivity index (χ2n) is 3.48. The van der Waals surface area contributed by atoms with Crippen molar-refractivity contribution >= 4 is 45.3 Å². The van der Waals surface area contributed by atoms with Crippen molar-refractivity contribution in [1.29, 1.82) is 0 Å². The van der Waals surface area contributed by atoms with Crippen LogP contribution in [0.1, 0.15) is 6.92 Å². The Bertz CT molecular complexity index is 572. The average molecular weight is 342 g/mol. The molecule has 0 saturated heterocycles. The van der Waals surface area contributed by atoms with E-state index in [1.165, 1.54) is 17.8 Å². The lowest BCUT2D eigenvalue weighted by Gasteiger charge is -2.06. The Balaban J connectivity index is 2.28. The highest BCUT2D eigenvalue weighted by molar-refractivity contribution is 9.10. The summed E-state index contributed by atoms with van der Waals surface area (Å²) >= 11 is 4.65. The Kier molecular flexibility index (Phi) is 4.38. The normalized spacial score (nSPS) is 10.4. The van der Waals surface area contributed by atoms with Crippen molar-refractivity contribution in [2.24, 2.45) is 0 Å². The molecule has 7 nitrogen and oxygen atoms in total. The van der Waals surface area contributed by atoms with Crippen LogP contribution in [0.2, 0.25) is 0 Å². The van der Waals surface area contributed by atoms with Gasteiger partial charge < -0.3 is 16.8 Å². The fraction of sp³-hybridized carbons (Fsp3) is 0.200. The smallest absolute Gasteiger partial charge is 0.223 e. The van der Waals surface area contributed by atoms with E-state index in [0.717, 1.165) is 11.0 Å². The van der Waals surface area contributed by atoms with Crippen LogP contribution in [0.15, 0.2) is 26.9 Å². The quantitative estimate of drug-likeness (QED) is 0.569. The van der Waals surface area contributed by atoms with Crippen LogP contribution in [0.25, 0.3) is 0 Å². The van der Waals surface area contributed by atoms with E-state index in [1.54, 1.807) is 6.20 Å². The molecule has 0 aliphatic heterocycles. The van der Waals surface area contributed by atoms with Gasteiger partial charge in [0.1, 0.15) is 16.7 Å². The summed E-state index contributed by atoms with van der Waals surface area (Å²) in [6.07, 6.45) is 1.67. The van der Waals surface area contributed by atoms with Crippen molar-refractivity contribution in [1.82, 2.24) is 19.9 Å². The van der Waals surface area contributed by atoms with E-state index in [9.17, 15) is 0 Å². The first-order valence-electron chi connectivity index (χ1n) is 5.42. The molecule has 0 radical (unpaired) electrons. The van der Waals surface area contributed by atoms with Gasteiger partial charge in [0.15, 0.2) is 5.16 Å². The predicted octanol–water partition coefficient (Wildman–Crippen LogP) is 1.78. The van der Waals surface area contributed by atoms with Crippen LogP contribution in [0.4, 0.5) is 17.6 Å². The Morgan fingerprint density at radius 3 is 2.58 bits per heavy atom. The highest BCUT2D eigenvalue weighted by atomic mass is 79.9. The van der Waals surface area contributed by atoms with E-state index in [0.29, 0.717) is 27.8 Å². The third-order valence-electron chi connectivity index (χ3n) is 1.98. The molecule has 0 aromatic carbocycles. The van der Waals surface area contributed by atoms with Crippen molar-refractivity contribution in [3.8, 4) is 0 Å². The second kappa shape index (κ2) is 6.02. The van der Waals surface area contributed by atoms with Crippen molar-refractivity contribution in [3.05, 3.63) is 16.7 Å². The molecular formula is C10H12BrN7S. The largest absolute Gasteiger partial charge is 0.383 e. The lowest BCUT2D eigenvalue weighted by Crippen LogP contribution is -2.03. The number of nitrogen functional groups attached to an aromatic ring is 2. The maximum Gasteiger partial charge on any atom is 0.223 e. The molecule has 0 amide bonds. The molecule has 2 aromatic rings. The van der Waals surface area contributed by atoms with Crippen molar-refractivity contribution in [2.75, 3.05) is 23.3 Å². The third kappa shape index (κ3) is 3.67. The maximum absolute atomic E-state index is 5.63. The monoisotopic (exact) mass is 341 g/mol. The standard InChI is InChI=1S/C10H12BrN7S/c1-2-14-9-15-4-5(11)8(18-9)19-10-16-6(12)3-7(13)17-10/h3-4H,2H2,1H3,(H,14,15,18)(H4,12,13,16,17). The molecule has 0 aliphatic carbocycles. The van der Waals surface area contributed by atoms with Gasteiger partial charge in [-0.25, -0.2) is 19.9 Å². The first-order valence-corrected chi connectivity index (χ1v) is 7.03. The first kappa shape index (κ1) is 13.8. The zero-order chi connectivity index (χ0) is 13.8. The van der Waals surface area contributed by atoms with Crippen molar-refractivity contribution in [3.63, 3.8) is 0 Å². The molecule has 0 aliphatic rings. The zero-order valence-corrected chi connectivity index (χ0v) is 12.5. The molecule has 2 rings (SSSR count). The van der Waals surface area contributed by atoms with Gasteiger partial charge in [-0.05, 0) is 34.6 Å². The molecular weight excluding hydrogens is 330 g/mol. The molecule has 0 saturated carbocycles. The number of nitrogens with two attached hydrogens (primary N) is 2. The molecule has 0 fully saturated rings. The summed E-state index contributed by atoms with van der Waals surface area (Å²) in [7, 11) is 0. The van der Waals surface area contributed by atoms with Crippen LogP contribution in [-0.4, -0.2) is 26.5 Å². The first-order chi connectivity index (χ1) is 9.08. The second-order valence-corrected chi connectivity index (χ2v) is 5.29. The summed E-state index contributed by atoms with van der Waals surface area (Å²) in [6, 6.07) is 1.50. The lowest BCUT2D eigenvalue weighted by atomic mass is 10.5. The van der Waals surface area contributed by atoms with Crippen molar-refractivity contribution < 1.29 is 0 Å². The minimum absolute atomic E-state index is 0.326. The summed E-state index contributed by atoms with van der Waals surface area (Å²) < 4.78 is 0.753. The minimum atomic E-state index is 0.326. The molecule has 0 unspecified atom stereocenters. The highest BCUT2D eigenvalue weighted by Crippen LogP contribution is 2.30. The van der Waals surface area contributed by atoms with E-state index in [4.69, 9.17) is 11.5 Å². The van der Waals surface area contributed by atoms with E-state index in [1.807, 2.05) is 6.92 Å². The van der Waals surface area contributed by atoms with Gasteiger partial charge >= 0.3 is 0 Å². The summed E-state index contributed by atoms with van der Waals surface area (Å²) in [5, 5.41) is 4.17. The van der Waals surface area contributed by atoms with Crippen molar-refractivity contribution in [2.45, 2.75) is 17.1 Å². The Hall–Kier alpha value is -1.61. The number of nitrogens with zero attached hydrogens (tertiary/aromatic N) is 4. The van der Waals surface area contributed by atoms with Crippen LogP contribution in [0.5, 0.6) is 0 Å². The molecule has 0 bridgehead atoms. The molecule has 0 spiro atoms. The maximum atomic E-state index is 5.63. The topological polar surface area (TPSA) is 116 Å². The van der Waals surface area contributed by atoms with Crippen LogP contribution < -0.4 is 16.8 Å².